The quantitative estimate of drug-likeness (QED) is 0.372. The fraction of sp³-hybridized carbons (Fsp3) is 0.500. The summed E-state index contributed by atoms with van der Waals surface area (Å²) in [5.41, 5.74) is 2.12. The number of hydrogen-bond acceptors (Lipinski definition) is 4. The molecule has 0 amide bonds. The first-order valence-electron chi connectivity index (χ1n) is 9.02. The number of esters is 1. The third-order valence-corrected chi connectivity index (χ3v) is 5.90. The molecule has 1 unspecified atom stereocenters. The summed E-state index contributed by atoms with van der Waals surface area (Å²) in [7, 11) is -1.49. The molecule has 0 aliphatic carbocycles. The number of ether oxygens (including phenoxy) is 1. The normalized spacial score (nSPS) is 12.8. The van der Waals surface area contributed by atoms with E-state index in [2.05, 4.69) is 36.8 Å². The Bertz CT molecular complexity index is 661. The van der Waals surface area contributed by atoms with Gasteiger partial charge in [0.1, 0.15) is 14.2 Å². The van der Waals surface area contributed by atoms with Gasteiger partial charge in [-0.1, -0.05) is 32.1 Å². The minimum Gasteiger partial charge on any atom is -0.474 e. The van der Waals surface area contributed by atoms with E-state index in [0.717, 1.165) is 48.7 Å². The molecule has 0 saturated carbocycles. The molecule has 1 atom stereocenters. The van der Waals surface area contributed by atoms with Gasteiger partial charge >= 0.3 is 5.97 Å². The highest BCUT2D eigenvalue weighted by Gasteiger charge is 2.24. The minimum atomic E-state index is -1.49. The van der Waals surface area contributed by atoms with Crippen molar-refractivity contribution in [3.05, 3.63) is 48.0 Å². The molecule has 2 aromatic heterocycles. The zero-order valence-corrected chi connectivity index (χ0v) is 16.7. The number of rotatable bonds is 9. The van der Waals surface area contributed by atoms with Gasteiger partial charge in [-0.15, -0.1) is 0 Å². The van der Waals surface area contributed by atoms with Gasteiger partial charge in [0.25, 0.3) is 0 Å². The van der Waals surface area contributed by atoms with Crippen LogP contribution in [-0.2, 0) is 16.0 Å². The number of nitrogens with zero attached hydrogens (tertiary/aromatic N) is 1. The van der Waals surface area contributed by atoms with E-state index in [0.29, 0.717) is 0 Å². The van der Waals surface area contributed by atoms with E-state index in [4.69, 9.17) is 9.15 Å². The second kappa shape index (κ2) is 8.99. The van der Waals surface area contributed by atoms with Crippen molar-refractivity contribution >= 4 is 19.4 Å². The monoisotopic (exact) mass is 359 g/mol. The molecular weight excluding hydrogens is 330 g/mol. The Morgan fingerprint density at radius 1 is 1.24 bits per heavy atom. The van der Waals surface area contributed by atoms with E-state index in [1.165, 1.54) is 6.92 Å². The van der Waals surface area contributed by atoms with Gasteiger partial charge < -0.3 is 9.15 Å². The highest BCUT2D eigenvalue weighted by atomic mass is 28.3. The van der Waals surface area contributed by atoms with Gasteiger partial charge in [-0.05, 0) is 43.9 Å². The number of carbonyl (C=O) groups excluding carboxylic acids is 1. The maximum absolute atomic E-state index is 11.5. The van der Waals surface area contributed by atoms with Gasteiger partial charge in [0.15, 0.2) is 0 Å². The highest BCUT2D eigenvalue weighted by Crippen LogP contribution is 2.25. The van der Waals surface area contributed by atoms with Gasteiger partial charge in [0.2, 0.25) is 0 Å². The smallest absolute Gasteiger partial charge is 0.303 e. The summed E-state index contributed by atoms with van der Waals surface area (Å²) in [6.07, 6.45) is 8.40. The Hall–Kier alpha value is -1.88. The van der Waals surface area contributed by atoms with Crippen LogP contribution in [0.25, 0.3) is 0 Å². The van der Waals surface area contributed by atoms with E-state index in [1.807, 2.05) is 18.3 Å². The van der Waals surface area contributed by atoms with Crippen molar-refractivity contribution < 1.29 is 13.9 Å². The zero-order chi connectivity index (χ0) is 18.3. The zero-order valence-electron chi connectivity index (χ0n) is 15.7. The van der Waals surface area contributed by atoms with Crippen molar-refractivity contribution in [3.63, 3.8) is 0 Å². The molecule has 2 rings (SSSR count). The SMILES string of the molecule is CC(=O)OC(CCCCCc1ccccn1)c1coc([Si](C)(C)C)c1. The highest BCUT2D eigenvalue weighted by molar-refractivity contribution is 6.87. The summed E-state index contributed by atoms with van der Waals surface area (Å²) in [5, 5.41) is 1.05. The maximum Gasteiger partial charge on any atom is 0.303 e. The molecule has 0 fully saturated rings. The molecule has 25 heavy (non-hydrogen) atoms. The van der Waals surface area contributed by atoms with Crippen molar-refractivity contribution in [2.24, 2.45) is 0 Å². The maximum atomic E-state index is 11.5. The first-order valence-corrected chi connectivity index (χ1v) is 12.5. The second-order valence-electron chi connectivity index (χ2n) is 7.51. The molecule has 0 aliphatic heterocycles. The minimum absolute atomic E-state index is 0.207. The Morgan fingerprint density at radius 2 is 2.04 bits per heavy atom. The Morgan fingerprint density at radius 3 is 2.64 bits per heavy atom. The summed E-state index contributed by atoms with van der Waals surface area (Å²) in [6.45, 7) is 8.20. The average Bonchev–Trinajstić information content (AvgIpc) is 3.04. The lowest BCUT2D eigenvalue weighted by molar-refractivity contribution is -0.147. The number of pyridine rings is 1. The van der Waals surface area contributed by atoms with Crippen molar-refractivity contribution in [1.29, 1.82) is 0 Å². The van der Waals surface area contributed by atoms with E-state index in [-0.39, 0.29) is 12.1 Å². The van der Waals surface area contributed by atoms with Gasteiger partial charge in [-0.25, -0.2) is 0 Å². The molecule has 2 aromatic rings. The van der Waals surface area contributed by atoms with Gasteiger partial charge in [0.05, 0.1) is 11.6 Å². The lowest BCUT2D eigenvalue weighted by Crippen LogP contribution is -2.36. The van der Waals surface area contributed by atoms with Crippen LogP contribution in [0, 0.1) is 0 Å². The molecule has 4 nitrogen and oxygen atoms in total. The summed E-state index contributed by atoms with van der Waals surface area (Å²) in [5.74, 6) is -0.241. The second-order valence-corrected chi connectivity index (χ2v) is 12.5. The molecule has 0 aliphatic rings. The van der Waals surface area contributed by atoms with E-state index >= 15 is 0 Å². The first kappa shape index (κ1) is 19.4. The number of aryl methyl sites for hydroxylation is 1. The van der Waals surface area contributed by atoms with Crippen molar-refractivity contribution in [1.82, 2.24) is 4.98 Å². The predicted molar refractivity (Wildman–Crippen MR) is 103 cm³/mol. The molecule has 0 aromatic carbocycles. The standard InChI is InChI=1S/C20H29NO3Si/c1-16(22)24-19(17-14-20(23-15-17)25(2,3)4)12-7-5-6-10-18-11-8-9-13-21-18/h8-9,11,13-15,19H,5-7,10,12H2,1-4H3. The van der Waals surface area contributed by atoms with Crippen LogP contribution in [0.1, 0.15) is 50.0 Å². The molecule has 0 bridgehead atoms. The molecule has 136 valence electrons. The lowest BCUT2D eigenvalue weighted by Gasteiger charge is -2.15. The van der Waals surface area contributed by atoms with Crippen LogP contribution in [0.5, 0.6) is 0 Å². The van der Waals surface area contributed by atoms with Crippen molar-refractivity contribution in [3.8, 4) is 0 Å². The van der Waals surface area contributed by atoms with Crippen LogP contribution in [0.15, 0.2) is 41.1 Å². The lowest BCUT2D eigenvalue weighted by atomic mass is 10.0. The van der Waals surface area contributed by atoms with E-state index in [1.54, 1.807) is 6.26 Å². The van der Waals surface area contributed by atoms with Crippen LogP contribution in [0.4, 0.5) is 0 Å². The van der Waals surface area contributed by atoms with Gasteiger partial charge in [-0.2, -0.15) is 0 Å². The van der Waals surface area contributed by atoms with Crippen molar-refractivity contribution in [2.75, 3.05) is 0 Å². The van der Waals surface area contributed by atoms with Crippen LogP contribution in [0.2, 0.25) is 19.6 Å². The van der Waals surface area contributed by atoms with Crippen molar-refractivity contribution in [2.45, 2.75) is 64.8 Å². The fourth-order valence-corrected chi connectivity index (χ4v) is 3.78. The molecule has 2 heterocycles. The third-order valence-electron chi connectivity index (χ3n) is 4.16. The van der Waals surface area contributed by atoms with Crippen LogP contribution >= 0.6 is 0 Å². The number of aromatic nitrogens is 1. The number of hydrogen-bond donors (Lipinski definition) is 0. The van der Waals surface area contributed by atoms with Crippen LogP contribution in [0.3, 0.4) is 0 Å². The largest absolute Gasteiger partial charge is 0.474 e. The summed E-state index contributed by atoms with van der Waals surface area (Å²) in [4.78, 5) is 15.8. The number of furan rings is 1. The Labute approximate surface area is 151 Å². The summed E-state index contributed by atoms with van der Waals surface area (Å²) >= 11 is 0. The van der Waals surface area contributed by atoms with E-state index < -0.39 is 8.07 Å². The average molecular weight is 360 g/mol. The van der Waals surface area contributed by atoms with Crippen LogP contribution < -0.4 is 5.38 Å². The third kappa shape index (κ3) is 6.50. The topological polar surface area (TPSA) is 52.3 Å². The van der Waals surface area contributed by atoms with E-state index in [9.17, 15) is 4.79 Å². The molecule has 5 heteroatoms. The molecule has 0 radical (unpaired) electrons. The number of unbranched alkanes of at least 4 members (excludes halogenated alkanes) is 2. The summed E-state index contributed by atoms with van der Waals surface area (Å²) in [6, 6.07) is 8.10. The molecule has 0 spiro atoms. The molecule has 0 saturated heterocycles. The Kier molecular flexibility index (Phi) is 6.99. The molecular formula is C20H29NO3Si. The van der Waals surface area contributed by atoms with Gasteiger partial charge in [-0.3, -0.25) is 9.78 Å². The van der Waals surface area contributed by atoms with Crippen LogP contribution in [-0.4, -0.2) is 19.0 Å². The Balaban J connectivity index is 1.85. The first-order chi connectivity index (χ1) is 11.9. The number of carbonyl (C=O) groups is 1. The van der Waals surface area contributed by atoms with Gasteiger partial charge in [0, 0.05) is 24.4 Å². The predicted octanol–water partition coefficient (Wildman–Crippen LogP) is 4.63. The fourth-order valence-electron chi connectivity index (χ4n) is 2.77. The summed E-state index contributed by atoms with van der Waals surface area (Å²) < 4.78 is 11.3. The molecule has 0 N–H and O–H groups in total.